The molecule has 162 valence electrons. The molecule has 2 fully saturated rings. The van der Waals surface area contributed by atoms with Crippen molar-refractivity contribution in [2.45, 2.75) is 45.4 Å². The zero-order valence-electron chi connectivity index (χ0n) is 18.1. The summed E-state index contributed by atoms with van der Waals surface area (Å²) in [6, 6.07) is 6.90. The standard InChI is InChI=1S/C22H36N4O3/c1-4-27-10-11-28-21-12-17(2)7-8-18(21)13-24-22(23-3)25-14-20-15-26-9-5-6-19(26)16-29-20/h7-8,12,19-20H,4-6,9-11,13-16H2,1-3H3,(H2,23,24,25). The molecule has 0 aliphatic carbocycles. The molecule has 2 aliphatic rings. The minimum atomic E-state index is 0.208. The van der Waals surface area contributed by atoms with Crippen LogP contribution in [0.4, 0.5) is 0 Å². The zero-order chi connectivity index (χ0) is 20.5. The van der Waals surface area contributed by atoms with Crippen LogP contribution in [0.25, 0.3) is 0 Å². The maximum atomic E-state index is 6.03. The number of aliphatic imine (C=N–C) groups is 1. The van der Waals surface area contributed by atoms with Gasteiger partial charge in [-0.1, -0.05) is 12.1 Å². The van der Waals surface area contributed by atoms with Gasteiger partial charge in [-0.15, -0.1) is 0 Å². The third-order valence-electron chi connectivity index (χ3n) is 5.54. The summed E-state index contributed by atoms with van der Waals surface area (Å²) in [5.74, 6) is 1.67. The van der Waals surface area contributed by atoms with Crippen LogP contribution in [-0.4, -0.2) is 76.1 Å². The first-order valence-corrected chi connectivity index (χ1v) is 10.8. The van der Waals surface area contributed by atoms with Crippen molar-refractivity contribution in [1.29, 1.82) is 0 Å². The molecule has 2 aliphatic heterocycles. The van der Waals surface area contributed by atoms with Crippen LogP contribution < -0.4 is 15.4 Å². The first-order valence-electron chi connectivity index (χ1n) is 10.8. The fourth-order valence-corrected chi connectivity index (χ4v) is 3.92. The molecule has 7 heteroatoms. The van der Waals surface area contributed by atoms with Crippen LogP contribution in [0, 0.1) is 6.92 Å². The largest absolute Gasteiger partial charge is 0.491 e. The minimum Gasteiger partial charge on any atom is -0.491 e. The molecule has 0 amide bonds. The third kappa shape index (κ3) is 6.59. The molecule has 1 aromatic rings. The van der Waals surface area contributed by atoms with Crippen molar-refractivity contribution < 1.29 is 14.2 Å². The van der Waals surface area contributed by atoms with Gasteiger partial charge < -0.3 is 24.8 Å². The lowest BCUT2D eigenvalue weighted by molar-refractivity contribution is -0.0453. The fourth-order valence-electron chi connectivity index (χ4n) is 3.92. The molecule has 3 rings (SSSR count). The van der Waals surface area contributed by atoms with Gasteiger partial charge in [0, 0.05) is 44.9 Å². The summed E-state index contributed by atoms with van der Waals surface area (Å²) in [6.45, 7) is 10.4. The lowest BCUT2D eigenvalue weighted by Crippen LogP contribution is -2.51. The van der Waals surface area contributed by atoms with Crippen molar-refractivity contribution in [2.24, 2.45) is 4.99 Å². The second-order valence-corrected chi connectivity index (χ2v) is 7.71. The highest BCUT2D eigenvalue weighted by molar-refractivity contribution is 5.79. The molecule has 2 saturated heterocycles. The Balaban J connectivity index is 1.46. The highest BCUT2D eigenvalue weighted by atomic mass is 16.5. The summed E-state index contributed by atoms with van der Waals surface area (Å²) in [6.07, 6.45) is 2.78. The van der Waals surface area contributed by atoms with Crippen LogP contribution in [0.15, 0.2) is 23.2 Å². The van der Waals surface area contributed by atoms with E-state index in [1.54, 1.807) is 7.05 Å². The highest BCUT2D eigenvalue weighted by Crippen LogP contribution is 2.22. The molecular formula is C22H36N4O3. The number of hydrogen-bond donors (Lipinski definition) is 2. The molecule has 2 N–H and O–H groups in total. The Labute approximate surface area is 174 Å². The van der Waals surface area contributed by atoms with E-state index in [1.807, 2.05) is 6.92 Å². The second kappa shape index (κ2) is 11.4. The zero-order valence-corrected chi connectivity index (χ0v) is 18.1. The molecule has 1 aromatic carbocycles. The molecule has 0 aromatic heterocycles. The number of guanidine groups is 1. The Morgan fingerprint density at radius 2 is 2.21 bits per heavy atom. The summed E-state index contributed by atoms with van der Waals surface area (Å²) < 4.78 is 17.3. The predicted octanol–water partition coefficient (Wildman–Crippen LogP) is 1.94. The van der Waals surface area contributed by atoms with Crippen molar-refractivity contribution in [3.63, 3.8) is 0 Å². The van der Waals surface area contributed by atoms with E-state index < -0.39 is 0 Å². The van der Waals surface area contributed by atoms with Crippen molar-refractivity contribution in [3.05, 3.63) is 29.3 Å². The maximum Gasteiger partial charge on any atom is 0.191 e. The normalized spacial score (nSPS) is 22.4. The molecule has 29 heavy (non-hydrogen) atoms. The molecule has 2 heterocycles. The average Bonchev–Trinajstić information content (AvgIpc) is 3.20. The SMILES string of the molecule is CCOCCOc1cc(C)ccc1CNC(=NC)NCC1CN2CCCC2CO1. The van der Waals surface area contributed by atoms with E-state index in [-0.39, 0.29) is 6.10 Å². The first kappa shape index (κ1) is 21.9. The van der Waals surface area contributed by atoms with Gasteiger partial charge in [0.2, 0.25) is 0 Å². The van der Waals surface area contributed by atoms with E-state index in [2.05, 4.69) is 45.6 Å². The molecule has 2 unspecified atom stereocenters. The van der Waals surface area contributed by atoms with Crippen molar-refractivity contribution in [3.8, 4) is 5.75 Å². The molecular weight excluding hydrogens is 368 g/mol. The lowest BCUT2D eigenvalue weighted by atomic mass is 10.1. The number of ether oxygens (including phenoxy) is 3. The maximum absolute atomic E-state index is 6.03. The second-order valence-electron chi connectivity index (χ2n) is 7.71. The van der Waals surface area contributed by atoms with Crippen molar-refractivity contribution >= 4 is 5.96 Å². The molecule has 2 atom stereocenters. The molecule has 0 radical (unpaired) electrons. The van der Waals surface area contributed by atoms with Crippen LogP contribution in [0.5, 0.6) is 5.75 Å². The first-order chi connectivity index (χ1) is 14.2. The Bertz CT molecular complexity index is 667. The number of aryl methyl sites for hydroxylation is 1. The van der Waals surface area contributed by atoms with Crippen LogP contribution in [0.3, 0.4) is 0 Å². The summed E-state index contributed by atoms with van der Waals surface area (Å²) >= 11 is 0. The van der Waals surface area contributed by atoms with Crippen molar-refractivity contribution in [2.75, 3.05) is 53.1 Å². The Morgan fingerprint density at radius 3 is 3.03 bits per heavy atom. The summed E-state index contributed by atoms with van der Waals surface area (Å²) in [4.78, 5) is 6.91. The Hall–Kier alpha value is -1.83. The van der Waals surface area contributed by atoms with Crippen LogP contribution in [-0.2, 0) is 16.0 Å². The van der Waals surface area contributed by atoms with Gasteiger partial charge in [0.1, 0.15) is 12.4 Å². The average molecular weight is 405 g/mol. The van der Waals surface area contributed by atoms with Crippen LogP contribution >= 0.6 is 0 Å². The molecule has 0 bridgehead atoms. The van der Waals surface area contributed by atoms with E-state index in [1.165, 1.54) is 24.9 Å². The third-order valence-corrected chi connectivity index (χ3v) is 5.54. The number of fused-ring (bicyclic) bond motifs is 1. The summed E-state index contributed by atoms with van der Waals surface area (Å²) in [5.41, 5.74) is 2.28. The van der Waals surface area contributed by atoms with Gasteiger partial charge >= 0.3 is 0 Å². The van der Waals surface area contributed by atoms with Gasteiger partial charge in [0.25, 0.3) is 0 Å². The number of nitrogens with zero attached hydrogens (tertiary/aromatic N) is 2. The van der Waals surface area contributed by atoms with E-state index >= 15 is 0 Å². The Morgan fingerprint density at radius 1 is 1.31 bits per heavy atom. The van der Waals surface area contributed by atoms with Gasteiger partial charge in [-0.25, -0.2) is 0 Å². The summed E-state index contributed by atoms with van der Waals surface area (Å²) in [5, 5.41) is 6.80. The number of benzene rings is 1. The number of rotatable bonds is 9. The quantitative estimate of drug-likeness (QED) is 0.373. The van der Waals surface area contributed by atoms with Crippen LogP contribution in [0.2, 0.25) is 0 Å². The van der Waals surface area contributed by atoms with Gasteiger partial charge in [-0.05, 0) is 44.9 Å². The van der Waals surface area contributed by atoms with Crippen molar-refractivity contribution in [1.82, 2.24) is 15.5 Å². The van der Waals surface area contributed by atoms with E-state index in [4.69, 9.17) is 14.2 Å². The fraction of sp³-hybridized carbons (Fsp3) is 0.682. The smallest absolute Gasteiger partial charge is 0.191 e. The number of morpholine rings is 1. The number of hydrogen-bond acceptors (Lipinski definition) is 5. The van der Waals surface area contributed by atoms with E-state index in [0.29, 0.717) is 32.4 Å². The lowest BCUT2D eigenvalue weighted by Gasteiger charge is -2.35. The minimum absolute atomic E-state index is 0.208. The van der Waals surface area contributed by atoms with Gasteiger partial charge in [-0.2, -0.15) is 0 Å². The van der Waals surface area contributed by atoms with Gasteiger partial charge in [0.15, 0.2) is 5.96 Å². The number of nitrogens with one attached hydrogen (secondary N) is 2. The molecule has 7 nitrogen and oxygen atoms in total. The van der Waals surface area contributed by atoms with Gasteiger partial charge in [0.05, 0.1) is 19.3 Å². The summed E-state index contributed by atoms with van der Waals surface area (Å²) in [7, 11) is 1.79. The van der Waals surface area contributed by atoms with Crippen LogP contribution in [0.1, 0.15) is 30.9 Å². The van der Waals surface area contributed by atoms with E-state index in [9.17, 15) is 0 Å². The monoisotopic (exact) mass is 404 g/mol. The Kier molecular flexibility index (Phi) is 8.58. The molecule has 0 saturated carbocycles. The molecule has 0 spiro atoms. The topological polar surface area (TPSA) is 67.4 Å². The predicted molar refractivity (Wildman–Crippen MR) is 116 cm³/mol. The van der Waals surface area contributed by atoms with E-state index in [0.717, 1.165) is 37.0 Å². The highest BCUT2D eigenvalue weighted by Gasteiger charge is 2.32. The van der Waals surface area contributed by atoms with Gasteiger partial charge in [-0.3, -0.25) is 9.89 Å².